The number of rotatable bonds is 6. The van der Waals surface area contributed by atoms with Gasteiger partial charge < -0.3 is 20.1 Å². The molecule has 24 heavy (non-hydrogen) atoms. The molecule has 0 saturated heterocycles. The quantitative estimate of drug-likeness (QED) is 0.850. The summed E-state index contributed by atoms with van der Waals surface area (Å²) in [6.45, 7) is 1.92. The van der Waals surface area contributed by atoms with Crippen molar-refractivity contribution in [2.24, 2.45) is 0 Å². The van der Waals surface area contributed by atoms with Gasteiger partial charge in [-0.2, -0.15) is 0 Å². The maximum absolute atomic E-state index is 11.9. The van der Waals surface area contributed by atoms with E-state index < -0.39 is 0 Å². The zero-order valence-corrected chi connectivity index (χ0v) is 14.1. The number of ether oxygens (including phenoxy) is 2. The number of carbonyl (C=O) groups is 1. The molecule has 1 unspecified atom stereocenters. The summed E-state index contributed by atoms with van der Waals surface area (Å²) in [5.41, 5.74) is 1.94. The van der Waals surface area contributed by atoms with Crippen LogP contribution < -0.4 is 20.1 Å². The number of hydrogen-bond acceptors (Lipinski definition) is 3. The van der Waals surface area contributed by atoms with Crippen LogP contribution in [0.5, 0.6) is 11.5 Å². The van der Waals surface area contributed by atoms with Crippen molar-refractivity contribution in [2.45, 2.75) is 13.0 Å². The van der Waals surface area contributed by atoms with Gasteiger partial charge in [-0.25, -0.2) is 4.79 Å². The van der Waals surface area contributed by atoms with Crippen molar-refractivity contribution in [3.05, 3.63) is 65.9 Å². The van der Waals surface area contributed by atoms with Crippen LogP contribution in [0, 0.1) is 0 Å². The van der Waals surface area contributed by atoms with E-state index in [1.807, 2.05) is 55.5 Å². The molecule has 0 radical (unpaired) electrons. The predicted molar refractivity (Wildman–Crippen MR) is 95.1 cm³/mol. The minimum absolute atomic E-state index is 0.110. The Kier molecular flexibility index (Phi) is 6.25. The Morgan fingerprint density at radius 2 is 1.75 bits per heavy atom. The molecule has 5 nitrogen and oxygen atoms in total. The van der Waals surface area contributed by atoms with Gasteiger partial charge in [0.05, 0.1) is 20.3 Å². The first-order valence-corrected chi connectivity index (χ1v) is 7.64. The van der Waals surface area contributed by atoms with Gasteiger partial charge in [-0.15, -0.1) is 0 Å². The second kappa shape index (κ2) is 8.62. The van der Waals surface area contributed by atoms with Crippen molar-refractivity contribution < 1.29 is 14.3 Å². The van der Waals surface area contributed by atoms with Crippen LogP contribution in [0.25, 0.3) is 6.08 Å². The van der Waals surface area contributed by atoms with Gasteiger partial charge in [0.2, 0.25) is 0 Å². The lowest BCUT2D eigenvalue weighted by Gasteiger charge is -2.14. The number of benzene rings is 2. The zero-order chi connectivity index (χ0) is 17.4. The van der Waals surface area contributed by atoms with Crippen molar-refractivity contribution in [1.29, 1.82) is 0 Å². The molecular formula is C19H22N2O3. The van der Waals surface area contributed by atoms with E-state index in [9.17, 15) is 4.79 Å². The van der Waals surface area contributed by atoms with Gasteiger partial charge in [0.25, 0.3) is 0 Å². The highest BCUT2D eigenvalue weighted by molar-refractivity contribution is 5.76. The first kappa shape index (κ1) is 17.4. The van der Waals surface area contributed by atoms with Gasteiger partial charge >= 0.3 is 6.03 Å². The molecule has 0 bridgehead atoms. The molecule has 1 atom stereocenters. The van der Waals surface area contributed by atoms with E-state index in [0.717, 1.165) is 22.6 Å². The Morgan fingerprint density at radius 1 is 1.04 bits per heavy atom. The number of urea groups is 1. The van der Waals surface area contributed by atoms with Gasteiger partial charge in [-0.3, -0.25) is 0 Å². The molecule has 0 aliphatic heterocycles. The van der Waals surface area contributed by atoms with Crippen LogP contribution >= 0.6 is 0 Å². The maximum atomic E-state index is 11.9. The molecule has 2 aromatic carbocycles. The number of nitrogens with one attached hydrogen (secondary N) is 2. The van der Waals surface area contributed by atoms with Crippen LogP contribution in [0.1, 0.15) is 24.1 Å². The summed E-state index contributed by atoms with van der Waals surface area (Å²) in [5.74, 6) is 1.56. The minimum Gasteiger partial charge on any atom is -0.497 e. The third-order valence-corrected chi connectivity index (χ3v) is 3.55. The van der Waals surface area contributed by atoms with E-state index in [4.69, 9.17) is 9.47 Å². The molecule has 2 amide bonds. The van der Waals surface area contributed by atoms with Crippen LogP contribution in [0.3, 0.4) is 0 Å². The number of methoxy groups -OCH3 is 2. The molecule has 0 aromatic heterocycles. The summed E-state index contributed by atoms with van der Waals surface area (Å²) in [7, 11) is 3.24. The largest absolute Gasteiger partial charge is 0.497 e. The molecule has 126 valence electrons. The summed E-state index contributed by atoms with van der Waals surface area (Å²) >= 11 is 0. The molecule has 0 aliphatic carbocycles. The topological polar surface area (TPSA) is 59.6 Å². The summed E-state index contributed by atoms with van der Waals surface area (Å²) in [6, 6.07) is 14.8. The fourth-order valence-corrected chi connectivity index (χ4v) is 2.17. The lowest BCUT2D eigenvalue weighted by molar-refractivity contribution is 0.241. The molecule has 2 rings (SSSR count). The Morgan fingerprint density at radius 3 is 2.42 bits per heavy atom. The van der Waals surface area contributed by atoms with E-state index in [-0.39, 0.29) is 12.1 Å². The molecule has 0 fully saturated rings. The first-order chi connectivity index (χ1) is 11.6. The molecule has 0 heterocycles. The van der Waals surface area contributed by atoms with Crippen LogP contribution in [-0.4, -0.2) is 20.3 Å². The molecule has 0 saturated carbocycles. The van der Waals surface area contributed by atoms with Gasteiger partial charge in [-0.1, -0.05) is 24.3 Å². The molecular weight excluding hydrogens is 304 g/mol. The van der Waals surface area contributed by atoms with Gasteiger partial charge in [0.1, 0.15) is 11.5 Å². The second-order valence-corrected chi connectivity index (χ2v) is 5.22. The van der Waals surface area contributed by atoms with Crippen LogP contribution in [0.2, 0.25) is 0 Å². The van der Waals surface area contributed by atoms with Crippen molar-refractivity contribution in [3.8, 4) is 11.5 Å². The monoisotopic (exact) mass is 326 g/mol. The highest BCUT2D eigenvalue weighted by atomic mass is 16.5. The number of carbonyl (C=O) groups excluding carboxylic acids is 1. The highest BCUT2D eigenvalue weighted by Gasteiger charge is 2.08. The highest BCUT2D eigenvalue weighted by Crippen LogP contribution is 2.17. The maximum Gasteiger partial charge on any atom is 0.319 e. The molecule has 0 aliphatic rings. The third kappa shape index (κ3) is 5.05. The Balaban J connectivity index is 1.86. The summed E-state index contributed by atoms with van der Waals surface area (Å²) in [6.07, 6.45) is 3.41. The summed E-state index contributed by atoms with van der Waals surface area (Å²) in [4.78, 5) is 11.9. The lowest BCUT2D eigenvalue weighted by atomic mass is 10.1. The SMILES string of the molecule is COc1ccc(C(C)NC(=O)N/C=C/c2cccc(OC)c2)cc1. The standard InChI is InChI=1S/C19H22N2O3/c1-14(16-7-9-17(23-2)10-8-16)21-19(22)20-12-11-15-5-4-6-18(13-15)24-3/h4-14H,1-3H3,(H2,20,21,22)/b12-11+. The van der Waals surface area contributed by atoms with Crippen molar-refractivity contribution in [1.82, 2.24) is 10.6 Å². The average Bonchev–Trinajstić information content (AvgIpc) is 2.62. The zero-order valence-electron chi connectivity index (χ0n) is 14.1. The van der Waals surface area contributed by atoms with Crippen molar-refractivity contribution in [3.63, 3.8) is 0 Å². The van der Waals surface area contributed by atoms with E-state index in [1.165, 1.54) is 0 Å². The first-order valence-electron chi connectivity index (χ1n) is 7.64. The number of amides is 2. The molecule has 2 aromatic rings. The number of hydrogen-bond donors (Lipinski definition) is 2. The Hall–Kier alpha value is -2.95. The van der Waals surface area contributed by atoms with Crippen molar-refractivity contribution in [2.75, 3.05) is 14.2 Å². The Labute approximate surface area is 142 Å². The van der Waals surface area contributed by atoms with Crippen LogP contribution in [-0.2, 0) is 0 Å². The Bertz CT molecular complexity index is 696. The third-order valence-electron chi connectivity index (χ3n) is 3.55. The lowest BCUT2D eigenvalue weighted by Crippen LogP contribution is -2.34. The fourth-order valence-electron chi connectivity index (χ4n) is 2.17. The van der Waals surface area contributed by atoms with E-state index in [2.05, 4.69) is 10.6 Å². The second-order valence-electron chi connectivity index (χ2n) is 5.22. The van der Waals surface area contributed by atoms with Gasteiger partial charge in [-0.05, 0) is 48.4 Å². The van der Waals surface area contributed by atoms with E-state index >= 15 is 0 Å². The molecule has 2 N–H and O–H groups in total. The van der Waals surface area contributed by atoms with E-state index in [1.54, 1.807) is 26.5 Å². The molecule has 0 spiro atoms. The summed E-state index contributed by atoms with van der Waals surface area (Å²) in [5, 5.41) is 5.57. The summed E-state index contributed by atoms with van der Waals surface area (Å²) < 4.78 is 10.3. The van der Waals surface area contributed by atoms with Crippen LogP contribution in [0.4, 0.5) is 4.79 Å². The fraction of sp³-hybridized carbons (Fsp3) is 0.211. The van der Waals surface area contributed by atoms with Crippen molar-refractivity contribution >= 4 is 12.1 Å². The smallest absolute Gasteiger partial charge is 0.319 e. The average molecular weight is 326 g/mol. The normalized spacial score (nSPS) is 11.8. The predicted octanol–water partition coefficient (Wildman–Crippen LogP) is 3.73. The molecule has 5 heteroatoms. The van der Waals surface area contributed by atoms with E-state index in [0.29, 0.717) is 0 Å². The van der Waals surface area contributed by atoms with Crippen LogP contribution in [0.15, 0.2) is 54.7 Å². The van der Waals surface area contributed by atoms with Gasteiger partial charge in [0.15, 0.2) is 0 Å². The van der Waals surface area contributed by atoms with Gasteiger partial charge in [0, 0.05) is 6.20 Å². The minimum atomic E-state index is -0.266.